The van der Waals surface area contributed by atoms with Crippen LogP contribution in [0.5, 0.6) is 5.75 Å². The molecule has 0 spiro atoms. The predicted molar refractivity (Wildman–Crippen MR) is 113 cm³/mol. The molecule has 2 fully saturated rings. The number of likely N-dealkylation sites (tertiary alicyclic amines) is 1. The molecule has 2 amide bonds. The van der Waals surface area contributed by atoms with Crippen molar-refractivity contribution < 1.29 is 14.3 Å². The smallest absolute Gasteiger partial charge is 0.251 e. The van der Waals surface area contributed by atoms with Gasteiger partial charge in [0.05, 0.1) is 36.2 Å². The largest absolute Gasteiger partial charge is 0.494 e. The summed E-state index contributed by atoms with van der Waals surface area (Å²) in [7, 11) is 0. The number of imide groups is 1. The lowest BCUT2D eigenvalue weighted by atomic mass is 9.74. The van der Waals surface area contributed by atoms with Gasteiger partial charge in [-0.3, -0.25) is 14.5 Å². The summed E-state index contributed by atoms with van der Waals surface area (Å²) in [6.45, 7) is 3.70. The second kappa shape index (κ2) is 8.29. The molecule has 4 rings (SSSR count). The number of carbonyl (C=O) groups is 2. The number of rotatable bonds is 5. The van der Waals surface area contributed by atoms with Crippen LogP contribution >= 0.6 is 0 Å². The molecule has 0 bridgehead atoms. The lowest BCUT2D eigenvalue weighted by Gasteiger charge is -2.39. The van der Waals surface area contributed by atoms with E-state index < -0.39 is 11.5 Å². The molecule has 0 unspecified atom stereocenters. The zero-order valence-corrected chi connectivity index (χ0v) is 17.1. The van der Waals surface area contributed by atoms with Crippen LogP contribution in [-0.4, -0.2) is 42.5 Å². The Labute approximate surface area is 176 Å². The van der Waals surface area contributed by atoms with E-state index in [2.05, 4.69) is 11.0 Å². The number of hydrogen-bond donors (Lipinski definition) is 0. The Morgan fingerprint density at radius 2 is 1.73 bits per heavy atom. The van der Waals surface area contributed by atoms with Crippen LogP contribution in [0.3, 0.4) is 0 Å². The predicted octanol–water partition coefficient (Wildman–Crippen LogP) is 3.27. The van der Waals surface area contributed by atoms with Gasteiger partial charge in [0, 0.05) is 13.1 Å². The zero-order valence-electron chi connectivity index (χ0n) is 17.1. The van der Waals surface area contributed by atoms with E-state index in [-0.39, 0.29) is 18.2 Å². The van der Waals surface area contributed by atoms with E-state index in [1.165, 1.54) is 4.90 Å². The van der Waals surface area contributed by atoms with Crippen LogP contribution in [0.4, 0.5) is 5.69 Å². The highest BCUT2D eigenvalue weighted by Crippen LogP contribution is 2.37. The summed E-state index contributed by atoms with van der Waals surface area (Å²) in [5, 5.41) is 9.88. The molecule has 0 aromatic heterocycles. The number of piperidine rings is 1. The minimum absolute atomic E-state index is 0.178. The highest BCUT2D eigenvalue weighted by molar-refractivity contribution is 6.22. The summed E-state index contributed by atoms with van der Waals surface area (Å²) in [5.74, 6) is 0.337. The zero-order chi connectivity index (χ0) is 21.1. The van der Waals surface area contributed by atoms with E-state index >= 15 is 0 Å². The summed E-state index contributed by atoms with van der Waals surface area (Å²) >= 11 is 0. The maximum absolute atomic E-state index is 13.1. The SMILES string of the molecule is CCOc1ccc(N2C(=O)C[C@@H](N3CCC(C#N)(c4ccccc4)CC3)C2=O)cc1. The van der Waals surface area contributed by atoms with Gasteiger partial charge in [-0.2, -0.15) is 5.26 Å². The number of nitriles is 1. The molecule has 0 N–H and O–H groups in total. The van der Waals surface area contributed by atoms with Gasteiger partial charge >= 0.3 is 0 Å². The molecule has 30 heavy (non-hydrogen) atoms. The van der Waals surface area contributed by atoms with Gasteiger partial charge in [0.25, 0.3) is 5.91 Å². The van der Waals surface area contributed by atoms with E-state index in [1.54, 1.807) is 24.3 Å². The van der Waals surface area contributed by atoms with Crippen LogP contribution < -0.4 is 9.64 Å². The molecular formula is C24H25N3O3. The standard InChI is InChI=1S/C24H25N3O3/c1-2-30-20-10-8-19(9-11-20)27-22(28)16-21(23(27)29)26-14-12-24(17-25,13-15-26)18-6-4-3-5-7-18/h3-11,21H,2,12-16H2,1H3/t21-/m1/s1. The number of ether oxygens (including phenoxy) is 1. The summed E-state index contributed by atoms with van der Waals surface area (Å²) < 4.78 is 5.44. The van der Waals surface area contributed by atoms with Crippen molar-refractivity contribution in [1.29, 1.82) is 5.26 Å². The molecule has 154 valence electrons. The van der Waals surface area contributed by atoms with Crippen LogP contribution in [0.1, 0.15) is 31.7 Å². The second-order valence-corrected chi connectivity index (χ2v) is 7.81. The van der Waals surface area contributed by atoms with Crippen molar-refractivity contribution in [3.8, 4) is 11.8 Å². The highest BCUT2D eigenvalue weighted by atomic mass is 16.5. The summed E-state index contributed by atoms with van der Waals surface area (Å²) in [5.41, 5.74) is 1.07. The molecular weight excluding hydrogens is 378 g/mol. The van der Waals surface area contributed by atoms with Crippen molar-refractivity contribution >= 4 is 17.5 Å². The van der Waals surface area contributed by atoms with Gasteiger partial charge in [0.2, 0.25) is 5.91 Å². The average Bonchev–Trinajstić information content (AvgIpc) is 3.09. The molecule has 0 radical (unpaired) electrons. The molecule has 0 saturated carbocycles. The number of nitrogens with zero attached hydrogens (tertiary/aromatic N) is 3. The van der Waals surface area contributed by atoms with Crippen LogP contribution in [0.25, 0.3) is 0 Å². The summed E-state index contributed by atoms with van der Waals surface area (Å²) in [6, 6.07) is 18.9. The molecule has 2 aliphatic heterocycles. The van der Waals surface area contributed by atoms with E-state index in [1.807, 2.05) is 37.3 Å². The Morgan fingerprint density at radius 1 is 1.07 bits per heavy atom. The molecule has 2 aliphatic rings. The summed E-state index contributed by atoms with van der Waals surface area (Å²) in [4.78, 5) is 29.1. The van der Waals surface area contributed by atoms with Crippen molar-refractivity contribution in [2.75, 3.05) is 24.6 Å². The van der Waals surface area contributed by atoms with E-state index in [0.29, 0.717) is 44.0 Å². The Bertz CT molecular complexity index is 957. The maximum Gasteiger partial charge on any atom is 0.251 e. The fourth-order valence-electron chi connectivity index (χ4n) is 4.47. The number of benzene rings is 2. The molecule has 2 heterocycles. The quantitative estimate of drug-likeness (QED) is 0.717. The van der Waals surface area contributed by atoms with Crippen molar-refractivity contribution in [3.05, 3.63) is 60.2 Å². The molecule has 0 aliphatic carbocycles. The second-order valence-electron chi connectivity index (χ2n) is 7.81. The van der Waals surface area contributed by atoms with Crippen molar-refractivity contribution in [2.45, 2.75) is 37.6 Å². The van der Waals surface area contributed by atoms with Gasteiger partial charge in [-0.25, -0.2) is 4.90 Å². The first-order valence-electron chi connectivity index (χ1n) is 10.4. The molecule has 2 aromatic rings. The Balaban J connectivity index is 1.47. The Morgan fingerprint density at radius 3 is 2.33 bits per heavy atom. The number of hydrogen-bond acceptors (Lipinski definition) is 5. The van der Waals surface area contributed by atoms with Gasteiger partial charge < -0.3 is 4.74 Å². The molecule has 2 saturated heterocycles. The van der Waals surface area contributed by atoms with E-state index in [9.17, 15) is 14.9 Å². The first-order valence-corrected chi connectivity index (χ1v) is 10.4. The third-order valence-corrected chi connectivity index (χ3v) is 6.16. The average molecular weight is 403 g/mol. The van der Waals surface area contributed by atoms with Gasteiger partial charge in [-0.1, -0.05) is 30.3 Å². The van der Waals surface area contributed by atoms with Crippen LogP contribution in [0.15, 0.2) is 54.6 Å². The van der Waals surface area contributed by atoms with Gasteiger partial charge in [0.1, 0.15) is 5.75 Å². The first-order chi connectivity index (χ1) is 14.6. The lowest BCUT2D eigenvalue weighted by Crippen LogP contribution is -2.49. The molecule has 6 nitrogen and oxygen atoms in total. The van der Waals surface area contributed by atoms with E-state index in [0.717, 1.165) is 5.56 Å². The van der Waals surface area contributed by atoms with Gasteiger partial charge in [0.15, 0.2) is 0 Å². The van der Waals surface area contributed by atoms with Gasteiger partial charge in [-0.05, 0) is 49.6 Å². The number of carbonyl (C=O) groups excluding carboxylic acids is 2. The monoisotopic (exact) mass is 403 g/mol. The lowest BCUT2D eigenvalue weighted by molar-refractivity contribution is -0.123. The minimum Gasteiger partial charge on any atom is -0.494 e. The first kappa shape index (κ1) is 20.1. The highest BCUT2D eigenvalue weighted by Gasteiger charge is 2.46. The van der Waals surface area contributed by atoms with Crippen molar-refractivity contribution in [3.63, 3.8) is 0 Å². The fraction of sp³-hybridized carbons (Fsp3) is 0.375. The minimum atomic E-state index is -0.530. The van der Waals surface area contributed by atoms with Crippen LogP contribution in [0, 0.1) is 11.3 Å². The van der Waals surface area contributed by atoms with Gasteiger partial charge in [-0.15, -0.1) is 0 Å². The molecule has 2 aromatic carbocycles. The van der Waals surface area contributed by atoms with E-state index in [4.69, 9.17) is 4.74 Å². The molecule has 6 heteroatoms. The summed E-state index contributed by atoms with van der Waals surface area (Å²) in [6.07, 6.45) is 1.47. The molecule has 1 atom stereocenters. The number of anilines is 1. The third kappa shape index (κ3) is 3.57. The Hall–Kier alpha value is -3.17. The normalized spacial score (nSPS) is 21.5. The van der Waals surface area contributed by atoms with Crippen molar-refractivity contribution in [2.24, 2.45) is 0 Å². The topological polar surface area (TPSA) is 73.6 Å². The third-order valence-electron chi connectivity index (χ3n) is 6.16. The Kier molecular flexibility index (Phi) is 5.56. The number of amides is 2. The van der Waals surface area contributed by atoms with Crippen LogP contribution in [-0.2, 0) is 15.0 Å². The fourth-order valence-corrected chi connectivity index (χ4v) is 4.47. The van der Waals surface area contributed by atoms with Crippen LogP contribution in [0.2, 0.25) is 0 Å². The van der Waals surface area contributed by atoms with Crippen molar-refractivity contribution in [1.82, 2.24) is 4.90 Å². The maximum atomic E-state index is 13.1.